The first-order valence-electron chi connectivity index (χ1n) is 6.71. The molecule has 0 radical (unpaired) electrons. The van der Waals surface area contributed by atoms with Gasteiger partial charge in [0, 0.05) is 11.8 Å². The average molecular weight is 310 g/mol. The van der Waals surface area contributed by atoms with E-state index in [9.17, 15) is 9.59 Å². The van der Waals surface area contributed by atoms with Crippen LogP contribution in [0.4, 0.5) is 5.69 Å². The number of carbonyl (C=O) groups excluding carboxylic acids is 2. The fourth-order valence-corrected chi connectivity index (χ4v) is 1.77. The molecule has 1 N–H and O–H groups in total. The lowest BCUT2D eigenvalue weighted by atomic mass is 10.2. The molecule has 0 fully saturated rings. The zero-order valence-corrected chi connectivity index (χ0v) is 12.6. The van der Waals surface area contributed by atoms with Gasteiger partial charge in [-0.1, -0.05) is 17.7 Å². The Morgan fingerprint density at radius 1 is 1.22 bits per heavy atom. The molecular weight excluding hydrogens is 296 g/mol. The second kappa shape index (κ2) is 7.09. The second-order valence-electron chi connectivity index (χ2n) is 4.68. The molecule has 1 amide bonds. The Bertz CT molecular complexity index is 795. The number of hydrogen-bond donors (Lipinski definition) is 1. The molecule has 0 spiro atoms. The van der Waals surface area contributed by atoms with E-state index in [1.54, 1.807) is 12.1 Å². The highest BCUT2D eigenvalue weighted by atomic mass is 16.5. The minimum Gasteiger partial charge on any atom is -0.463 e. The van der Waals surface area contributed by atoms with Crippen molar-refractivity contribution in [2.75, 3.05) is 12.4 Å². The fourth-order valence-electron chi connectivity index (χ4n) is 1.77. The van der Waals surface area contributed by atoms with E-state index in [1.165, 1.54) is 25.3 Å². The molecule has 0 bridgehead atoms. The van der Waals surface area contributed by atoms with Crippen LogP contribution in [0.3, 0.4) is 0 Å². The van der Waals surface area contributed by atoms with Crippen LogP contribution in [0.5, 0.6) is 0 Å². The van der Waals surface area contributed by atoms with Crippen molar-refractivity contribution in [1.82, 2.24) is 0 Å². The van der Waals surface area contributed by atoms with Crippen LogP contribution in [-0.4, -0.2) is 19.0 Å². The lowest BCUT2D eigenvalue weighted by molar-refractivity contribution is -0.112. The van der Waals surface area contributed by atoms with Gasteiger partial charge in [-0.15, -0.1) is 0 Å². The number of rotatable bonds is 4. The highest BCUT2D eigenvalue weighted by Gasteiger charge is 2.13. The second-order valence-corrected chi connectivity index (χ2v) is 4.68. The molecule has 6 heteroatoms. The first-order chi connectivity index (χ1) is 11.0. The van der Waals surface area contributed by atoms with Gasteiger partial charge in [-0.25, -0.2) is 4.79 Å². The summed E-state index contributed by atoms with van der Waals surface area (Å²) in [5, 5.41) is 11.7. The first-order valence-corrected chi connectivity index (χ1v) is 6.71. The van der Waals surface area contributed by atoms with Gasteiger partial charge in [-0.3, -0.25) is 4.79 Å². The average Bonchev–Trinajstić information content (AvgIpc) is 3.02. The molecule has 0 aliphatic heterocycles. The highest BCUT2D eigenvalue weighted by molar-refractivity contribution is 6.09. The zero-order valence-electron chi connectivity index (χ0n) is 12.6. The van der Waals surface area contributed by atoms with Gasteiger partial charge in [0.05, 0.1) is 7.11 Å². The fraction of sp³-hybridized carbons (Fsp3) is 0.118. The van der Waals surface area contributed by atoms with Crippen molar-refractivity contribution in [3.05, 3.63) is 59.1 Å². The van der Waals surface area contributed by atoms with E-state index in [-0.39, 0.29) is 17.1 Å². The predicted molar refractivity (Wildman–Crippen MR) is 83.4 cm³/mol. The smallest absolute Gasteiger partial charge is 0.373 e. The third-order valence-electron chi connectivity index (χ3n) is 2.97. The molecule has 0 atom stereocenters. The number of nitriles is 1. The number of nitrogens with one attached hydrogen (secondary N) is 1. The highest BCUT2D eigenvalue weighted by Crippen LogP contribution is 2.15. The molecule has 1 aromatic carbocycles. The van der Waals surface area contributed by atoms with Gasteiger partial charge in [0.15, 0.2) is 0 Å². The molecule has 0 unspecified atom stereocenters. The van der Waals surface area contributed by atoms with Crippen LogP contribution in [0.25, 0.3) is 6.08 Å². The molecule has 0 saturated heterocycles. The minimum atomic E-state index is -0.632. The van der Waals surface area contributed by atoms with E-state index >= 15 is 0 Å². The summed E-state index contributed by atoms with van der Waals surface area (Å²) in [4.78, 5) is 23.4. The molecule has 2 rings (SSSR count). The maximum Gasteiger partial charge on any atom is 0.373 e. The Morgan fingerprint density at radius 2 is 1.91 bits per heavy atom. The quantitative estimate of drug-likeness (QED) is 0.532. The van der Waals surface area contributed by atoms with E-state index < -0.39 is 11.9 Å². The van der Waals surface area contributed by atoms with Crippen molar-refractivity contribution >= 4 is 23.6 Å². The molecular formula is C17H14N2O4. The topological polar surface area (TPSA) is 92.3 Å². The standard InChI is InChI=1S/C17H14N2O4/c1-11-3-5-13(6-4-11)19-16(20)12(10-18)9-14-7-8-15(23-14)17(21)22-2/h3-9H,1-2H3,(H,19,20)/b12-9-. The SMILES string of the molecule is COC(=O)c1ccc(/C=C(/C#N)C(=O)Nc2ccc(C)cc2)o1. The number of carbonyl (C=O) groups is 2. The van der Waals surface area contributed by atoms with Gasteiger partial charge in [0.1, 0.15) is 17.4 Å². The maximum absolute atomic E-state index is 12.1. The number of anilines is 1. The van der Waals surface area contributed by atoms with Crippen molar-refractivity contribution in [2.24, 2.45) is 0 Å². The molecule has 6 nitrogen and oxygen atoms in total. The summed E-state index contributed by atoms with van der Waals surface area (Å²) in [6.45, 7) is 1.93. The number of hydrogen-bond acceptors (Lipinski definition) is 5. The van der Waals surface area contributed by atoms with Gasteiger partial charge < -0.3 is 14.5 Å². The van der Waals surface area contributed by atoms with E-state index in [0.717, 1.165) is 5.56 Å². The summed E-state index contributed by atoms with van der Waals surface area (Å²) in [7, 11) is 1.23. The lowest BCUT2D eigenvalue weighted by Gasteiger charge is -2.04. The van der Waals surface area contributed by atoms with E-state index in [1.807, 2.05) is 25.1 Å². The number of amides is 1. The Balaban J connectivity index is 2.16. The molecule has 2 aromatic rings. The summed E-state index contributed by atoms with van der Waals surface area (Å²) >= 11 is 0. The monoisotopic (exact) mass is 310 g/mol. The van der Waals surface area contributed by atoms with Crippen LogP contribution >= 0.6 is 0 Å². The Hall–Kier alpha value is -3.33. The van der Waals surface area contributed by atoms with Gasteiger partial charge >= 0.3 is 5.97 Å². The number of esters is 1. The van der Waals surface area contributed by atoms with Crippen molar-refractivity contribution in [3.8, 4) is 6.07 Å². The number of benzene rings is 1. The number of ether oxygens (including phenoxy) is 1. The summed E-state index contributed by atoms with van der Waals surface area (Å²) < 4.78 is 9.72. The first kappa shape index (κ1) is 16.0. The summed E-state index contributed by atoms with van der Waals surface area (Å²) in [6, 6.07) is 11.9. The van der Waals surface area contributed by atoms with E-state index in [2.05, 4.69) is 10.1 Å². The van der Waals surface area contributed by atoms with Crippen molar-refractivity contribution in [1.29, 1.82) is 5.26 Å². The van der Waals surface area contributed by atoms with Crippen molar-refractivity contribution in [2.45, 2.75) is 6.92 Å². The molecule has 116 valence electrons. The molecule has 23 heavy (non-hydrogen) atoms. The predicted octanol–water partition coefficient (Wildman–Crippen LogP) is 2.92. The van der Waals surface area contributed by atoms with E-state index in [0.29, 0.717) is 5.69 Å². The normalized spacial score (nSPS) is 10.7. The Labute approximate surface area is 133 Å². The third kappa shape index (κ3) is 4.08. The lowest BCUT2D eigenvalue weighted by Crippen LogP contribution is -2.13. The molecule has 1 aromatic heterocycles. The Morgan fingerprint density at radius 3 is 2.52 bits per heavy atom. The Kier molecular flexibility index (Phi) is 4.95. The van der Waals surface area contributed by atoms with Crippen LogP contribution in [0.2, 0.25) is 0 Å². The minimum absolute atomic E-state index is 0.00465. The van der Waals surface area contributed by atoms with Gasteiger partial charge in [-0.05, 0) is 31.2 Å². The third-order valence-corrected chi connectivity index (χ3v) is 2.97. The summed E-state index contributed by atoms with van der Waals surface area (Å²) in [5.74, 6) is -0.990. The van der Waals surface area contributed by atoms with Crippen LogP contribution in [-0.2, 0) is 9.53 Å². The van der Waals surface area contributed by atoms with Crippen LogP contribution in [0.15, 0.2) is 46.4 Å². The van der Waals surface area contributed by atoms with Crippen molar-refractivity contribution in [3.63, 3.8) is 0 Å². The van der Waals surface area contributed by atoms with Gasteiger partial charge in [0.2, 0.25) is 5.76 Å². The molecule has 0 saturated carbocycles. The van der Waals surface area contributed by atoms with Crippen LogP contribution < -0.4 is 5.32 Å². The number of aryl methyl sites for hydroxylation is 1. The van der Waals surface area contributed by atoms with E-state index in [4.69, 9.17) is 9.68 Å². The maximum atomic E-state index is 12.1. The molecule has 0 aliphatic carbocycles. The molecule has 0 aliphatic rings. The largest absolute Gasteiger partial charge is 0.463 e. The van der Waals surface area contributed by atoms with Crippen molar-refractivity contribution < 1.29 is 18.7 Å². The summed E-state index contributed by atoms with van der Waals surface area (Å²) in [6.07, 6.45) is 1.26. The van der Waals surface area contributed by atoms with Gasteiger partial charge in [0.25, 0.3) is 5.91 Å². The van der Waals surface area contributed by atoms with Crippen LogP contribution in [0, 0.1) is 18.3 Å². The zero-order chi connectivity index (χ0) is 16.8. The number of methoxy groups -OCH3 is 1. The number of nitrogens with zero attached hydrogens (tertiary/aromatic N) is 1. The van der Waals surface area contributed by atoms with Gasteiger partial charge in [-0.2, -0.15) is 5.26 Å². The number of furan rings is 1. The summed E-state index contributed by atoms with van der Waals surface area (Å²) in [5.41, 5.74) is 1.50. The van der Waals surface area contributed by atoms with Crippen LogP contribution in [0.1, 0.15) is 21.9 Å². The molecule has 1 heterocycles.